The molecule has 11 nitrogen and oxygen atoms in total. The van der Waals surface area contributed by atoms with Gasteiger partial charge >= 0.3 is 24.2 Å². The molecule has 11 heteroatoms. The summed E-state index contributed by atoms with van der Waals surface area (Å²) in [4.78, 5) is 48.3. The molecular weight excluding hydrogens is 486 g/mol. The maximum Gasteiger partial charge on any atom is 0.514 e. The second-order valence-corrected chi connectivity index (χ2v) is 10.6. The molecule has 0 aliphatic carbocycles. The Morgan fingerprint density at radius 1 is 0.919 bits per heavy atom. The number of benzene rings is 1. The third-order valence-corrected chi connectivity index (χ3v) is 4.65. The van der Waals surface area contributed by atoms with Crippen LogP contribution in [0.25, 0.3) is 0 Å². The number of rotatable bonds is 10. The van der Waals surface area contributed by atoms with Gasteiger partial charge in [-0.25, -0.2) is 9.59 Å². The average Bonchev–Trinajstić information content (AvgIpc) is 2.70. The number of carbonyl (C=O) groups excluding carboxylic acids is 3. The van der Waals surface area contributed by atoms with Crippen molar-refractivity contribution in [3.05, 3.63) is 23.8 Å². The Labute approximate surface area is 217 Å². The lowest BCUT2D eigenvalue weighted by Gasteiger charge is -2.26. The van der Waals surface area contributed by atoms with Crippen molar-refractivity contribution in [3.63, 3.8) is 0 Å². The number of carboxylic acid groups (broad SMARTS) is 1. The summed E-state index contributed by atoms with van der Waals surface area (Å²) in [6.45, 7) is 13.4. The lowest BCUT2D eigenvalue weighted by Crippen LogP contribution is -2.38. The standard InChI is InChI=1S/C26H39NO10/c1-9-10-20(28)33-15(2)13-17(21(27)22(29)30)16-11-12-18(34-23(31)36-25(3,4)5)19(14-16)35-24(32)37-26(6,7)8/h11-12,14-15,17,21H,9-10,13,27H2,1-8H3,(H,29,30)/t15?,17?,21-/m0/s1. The Hall–Kier alpha value is -3.34. The summed E-state index contributed by atoms with van der Waals surface area (Å²) in [6.07, 6.45) is -1.86. The zero-order chi connectivity index (χ0) is 28.6. The highest BCUT2D eigenvalue weighted by Crippen LogP contribution is 2.35. The van der Waals surface area contributed by atoms with Crippen LogP contribution in [-0.4, -0.2) is 52.7 Å². The Morgan fingerprint density at radius 2 is 1.43 bits per heavy atom. The molecule has 1 aromatic rings. The number of esters is 1. The van der Waals surface area contributed by atoms with Gasteiger partial charge in [-0.05, 0) is 79.0 Å². The van der Waals surface area contributed by atoms with Gasteiger partial charge in [0.15, 0.2) is 11.5 Å². The zero-order valence-corrected chi connectivity index (χ0v) is 22.8. The number of carbonyl (C=O) groups is 4. The minimum Gasteiger partial charge on any atom is -0.480 e. The molecule has 0 spiro atoms. The van der Waals surface area contributed by atoms with Gasteiger partial charge in [0, 0.05) is 12.3 Å². The van der Waals surface area contributed by atoms with Gasteiger partial charge in [-0.2, -0.15) is 0 Å². The Kier molecular flexibility index (Phi) is 11.4. The van der Waals surface area contributed by atoms with E-state index in [9.17, 15) is 24.3 Å². The highest BCUT2D eigenvalue weighted by Gasteiger charge is 2.31. The van der Waals surface area contributed by atoms with Gasteiger partial charge in [-0.3, -0.25) is 9.59 Å². The van der Waals surface area contributed by atoms with Gasteiger partial charge in [0.25, 0.3) is 0 Å². The maximum atomic E-state index is 12.4. The Bertz CT molecular complexity index is 961. The molecule has 0 fully saturated rings. The smallest absolute Gasteiger partial charge is 0.480 e. The lowest BCUT2D eigenvalue weighted by molar-refractivity contribution is -0.148. The molecule has 0 aliphatic heterocycles. The van der Waals surface area contributed by atoms with Crippen molar-refractivity contribution in [3.8, 4) is 11.5 Å². The van der Waals surface area contributed by atoms with Crippen LogP contribution in [0.2, 0.25) is 0 Å². The summed E-state index contributed by atoms with van der Waals surface area (Å²) in [5, 5.41) is 9.59. The van der Waals surface area contributed by atoms with Gasteiger partial charge in [0.2, 0.25) is 0 Å². The summed E-state index contributed by atoms with van der Waals surface area (Å²) in [7, 11) is 0. The molecule has 3 N–H and O–H groups in total. The Balaban J connectivity index is 3.39. The highest BCUT2D eigenvalue weighted by molar-refractivity contribution is 5.75. The topological polar surface area (TPSA) is 161 Å². The number of carboxylic acids is 1. The van der Waals surface area contributed by atoms with Crippen LogP contribution < -0.4 is 15.2 Å². The summed E-state index contributed by atoms with van der Waals surface area (Å²) in [5.41, 5.74) is 4.62. The molecule has 2 unspecified atom stereocenters. The van der Waals surface area contributed by atoms with Crippen LogP contribution in [0.1, 0.15) is 86.1 Å². The third kappa shape index (κ3) is 12.0. The number of hydrogen-bond donors (Lipinski definition) is 2. The summed E-state index contributed by atoms with van der Waals surface area (Å²) in [6, 6.07) is 2.76. The SMILES string of the molecule is CCCC(=O)OC(C)CC(c1ccc(OC(=O)OC(C)(C)C)c(OC(=O)OC(C)(C)C)c1)[C@H](N)C(=O)O. The van der Waals surface area contributed by atoms with Crippen LogP contribution in [0, 0.1) is 0 Å². The predicted molar refractivity (Wildman–Crippen MR) is 134 cm³/mol. The van der Waals surface area contributed by atoms with Crippen molar-refractivity contribution in [1.29, 1.82) is 0 Å². The molecule has 0 heterocycles. The summed E-state index contributed by atoms with van der Waals surface area (Å²) in [5.74, 6) is -2.91. The van der Waals surface area contributed by atoms with Crippen LogP contribution in [-0.2, 0) is 23.8 Å². The molecule has 0 aliphatic rings. The van der Waals surface area contributed by atoms with E-state index in [1.54, 1.807) is 48.5 Å². The van der Waals surface area contributed by atoms with Gasteiger partial charge in [0.05, 0.1) is 6.10 Å². The van der Waals surface area contributed by atoms with Gasteiger partial charge in [0.1, 0.15) is 17.2 Å². The molecular formula is C26H39NO10. The number of aliphatic carboxylic acids is 1. The van der Waals surface area contributed by atoms with E-state index in [1.807, 2.05) is 6.92 Å². The van der Waals surface area contributed by atoms with Crippen LogP contribution in [0.5, 0.6) is 11.5 Å². The Morgan fingerprint density at radius 3 is 1.89 bits per heavy atom. The van der Waals surface area contributed by atoms with E-state index in [2.05, 4.69) is 0 Å². The molecule has 1 aromatic carbocycles. The fraction of sp³-hybridized carbons (Fsp3) is 0.615. The molecule has 37 heavy (non-hydrogen) atoms. The summed E-state index contributed by atoms with van der Waals surface area (Å²) < 4.78 is 26.3. The summed E-state index contributed by atoms with van der Waals surface area (Å²) >= 11 is 0. The van der Waals surface area contributed by atoms with E-state index < -0.39 is 53.5 Å². The first-order valence-electron chi connectivity index (χ1n) is 12.0. The number of nitrogens with two attached hydrogens (primary N) is 1. The van der Waals surface area contributed by atoms with E-state index in [-0.39, 0.29) is 24.3 Å². The quantitative estimate of drug-likeness (QED) is 0.242. The average molecular weight is 526 g/mol. The van der Waals surface area contributed by atoms with E-state index >= 15 is 0 Å². The van der Waals surface area contributed by atoms with Crippen molar-refractivity contribution in [2.75, 3.05) is 0 Å². The van der Waals surface area contributed by atoms with E-state index in [0.717, 1.165) is 0 Å². The normalized spacial score (nSPS) is 14.1. The van der Waals surface area contributed by atoms with Gasteiger partial charge in [-0.15, -0.1) is 0 Å². The molecule has 0 radical (unpaired) electrons. The van der Waals surface area contributed by atoms with Gasteiger partial charge in [-0.1, -0.05) is 13.0 Å². The van der Waals surface area contributed by atoms with Crippen LogP contribution >= 0.6 is 0 Å². The van der Waals surface area contributed by atoms with Crippen molar-refractivity contribution >= 4 is 24.2 Å². The van der Waals surface area contributed by atoms with E-state index in [0.29, 0.717) is 12.0 Å². The number of hydrogen-bond acceptors (Lipinski definition) is 10. The van der Waals surface area contributed by atoms with E-state index in [4.69, 9.17) is 29.4 Å². The van der Waals surface area contributed by atoms with Crippen LogP contribution in [0.15, 0.2) is 18.2 Å². The second kappa shape index (κ2) is 13.3. The fourth-order valence-corrected chi connectivity index (χ4v) is 3.20. The van der Waals surface area contributed by atoms with Crippen molar-refractivity contribution in [1.82, 2.24) is 0 Å². The highest BCUT2D eigenvalue weighted by atomic mass is 16.8. The van der Waals surface area contributed by atoms with Gasteiger partial charge < -0.3 is 34.5 Å². The largest absolute Gasteiger partial charge is 0.514 e. The molecule has 0 aromatic heterocycles. The van der Waals surface area contributed by atoms with Crippen LogP contribution in [0.3, 0.4) is 0 Å². The minimum atomic E-state index is -1.38. The first-order chi connectivity index (χ1) is 16.9. The third-order valence-electron chi connectivity index (χ3n) is 4.65. The molecule has 208 valence electrons. The van der Waals surface area contributed by atoms with Crippen molar-refractivity contribution in [2.24, 2.45) is 5.73 Å². The van der Waals surface area contributed by atoms with Crippen molar-refractivity contribution in [2.45, 2.75) is 104 Å². The predicted octanol–water partition coefficient (Wildman–Crippen LogP) is 4.93. The number of ether oxygens (including phenoxy) is 5. The molecule has 0 saturated carbocycles. The molecule has 0 bridgehead atoms. The fourth-order valence-electron chi connectivity index (χ4n) is 3.20. The lowest BCUT2D eigenvalue weighted by atomic mass is 9.87. The van der Waals surface area contributed by atoms with E-state index in [1.165, 1.54) is 18.2 Å². The monoisotopic (exact) mass is 525 g/mol. The first-order valence-corrected chi connectivity index (χ1v) is 12.0. The molecule has 0 amide bonds. The van der Waals surface area contributed by atoms with Crippen LogP contribution in [0.4, 0.5) is 9.59 Å². The molecule has 0 saturated heterocycles. The molecule has 3 atom stereocenters. The zero-order valence-electron chi connectivity index (χ0n) is 22.8. The van der Waals surface area contributed by atoms with Crippen molar-refractivity contribution < 1.29 is 48.0 Å². The minimum absolute atomic E-state index is 0.0705. The molecule has 1 rings (SSSR count). The second-order valence-electron chi connectivity index (χ2n) is 10.6. The first kappa shape index (κ1) is 31.7. The maximum absolute atomic E-state index is 12.4.